The van der Waals surface area contributed by atoms with E-state index in [2.05, 4.69) is 37.4 Å². The van der Waals surface area contributed by atoms with Crippen molar-refractivity contribution in [3.8, 4) is 0 Å². The number of nitrogens with zero attached hydrogens (tertiary/aromatic N) is 4. The maximum Gasteiger partial charge on any atom is 0.150 e. The Morgan fingerprint density at radius 1 is 1.47 bits per heavy atom. The minimum absolute atomic E-state index is 0.448. The average Bonchev–Trinajstić information content (AvgIpc) is 3.10. The molecule has 19 heavy (non-hydrogen) atoms. The zero-order valence-electron chi connectivity index (χ0n) is 11.2. The van der Waals surface area contributed by atoms with Gasteiger partial charge >= 0.3 is 0 Å². The van der Waals surface area contributed by atoms with Crippen LogP contribution in [0.2, 0.25) is 0 Å². The van der Waals surface area contributed by atoms with Crippen molar-refractivity contribution in [2.45, 2.75) is 45.2 Å². The number of aryl methyl sites for hydroxylation is 1. The van der Waals surface area contributed by atoms with Gasteiger partial charge in [0.1, 0.15) is 16.7 Å². The van der Waals surface area contributed by atoms with Crippen molar-refractivity contribution in [3.05, 3.63) is 28.2 Å². The summed E-state index contributed by atoms with van der Waals surface area (Å²) in [6.07, 6.45) is 6.53. The van der Waals surface area contributed by atoms with Gasteiger partial charge in [0.2, 0.25) is 0 Å². The monoisotopic (exact) mass is 277 g/mol. The predicted molar refractivity (Wildman–Crippen MR) is 74.9 cm³/mol. The number of rotatable bonds is 4. The van der Waals surface area contributed by atoms with Gasteiger partial charge in [0.05, 0.1) is 12.6 Å². The van der Waals surface area contributed by atoms with Crippen LogP contribution in [-0.4, -0.2) is 31.6 Å². The fourth-order valence-electron chi connectivity index (χ4n) is 2.61. The molecule has 102 valence electrons. The molecule has 0 radical (unpaired) electrons. The van der Waals surface area contributed by atoms with Crippen molar-refractivity contribution in [3.63, 3.8) is 0 Å². The molecule has 1 unspecified atom stereocenters. The minimum Gasteiger partial charge on any atom is -0.287 e. The highest BCUT2D eigenvalue weighted by atomic mass is 32.1. The van der Waals surface area contributed by atoms with Crippen LogP contribution in [0, 0.1) is 0 Å². The summed E-state index contributed by atoms with van der Waals surface area (Å²) >= 11 is 1.75. The summed E-state index contributed by atoms with van der Waals surface area (Å²) in [7, 11) is 0. The quantitative estimate of drug-likeness (QED) is 0.933. The summed E-state index contributed by atoms with van der Waals surface area (Å²) in [4.78, 5) is 11.5. The molecule has 0 aliphatic carbocycles. The minimum atomic E-state index is 0.448. The Hall–Kier alpha value is -1.27. The van der Waals surface area contributed by atoms with E-state index in [9.17, 15) is 0 Å². The Morgan fingerprint density at radius 3 is 3.16 bits per heavy atom. The van der Waals surface area contributed by atoms with E-state index in [4.69, 9.17) is 0 Å². The molecular formula is C13H19N5S. The van der Waals surface area contributed by atoms with Crippen LogP contribution in [0.15, 0.2) is 11.6 Å². The molecule has 1 N–H and O–H groups in total. The molecule has 0 aromatic carbocycles. The zero-order chi connectivity index (χ0) is 13.1. The van der Waals surface area contributed by atoms with Crippen LogP contribution in [-0.2, 0) is 13.0 Å². The molecule has 5 nitrogen and oxygen atoms in total. The molecule has 0 saturated carbocycles. The molecule has 0 bridgehead atoms. The molecule has 1 aliphatic heterocycles. The van der Waals surface area contributed by atoms with Gasteiger partial charge in [0, 0.05) is 18.0 Å². The van der Waals surface area contributed by atoms with Crippen molar-refractivity contribution >= 4 is 11.3 Å². The van der Waals surface area contributed by atoms with Gasteiger partial charge in [-0.1, -0.05) is 13.3 Å². The van der Waals surface area contributed by atoms with Gasteiger partial charge in [0.15, 0.2) is 0 Å². The van der Waals surface area contributed by atoms with E-state index in [1.807, 2.05) is 6.20 Å². The topological polar surface area (TPSA) is 57.7 Å². The first kappa shape index (κ1) is 12.7. The predicted octanol–water partition coefficient (Wildman–Crippen LogP) is 2.55. The van der Waals surface area contributed by atoms with Crippen LogP contribution in [0.3, 0.4) is 0 Å². The highest BCUT2D eigenvalue weighted by Crippen LogP contribution is 2.32. The number of piperidine rings is 1. The lowest BCUT2D eigenvalue weighted by molar-refractivity contribution is 0.136. The fraction of sp³-hybridized carbons (Fsp3) is 0.615. The number of aromatic nitrogens is 4. The Labute approximate surface area is 117 Å². The lowest BCUT2D eigenvalue weighted by Crippen LogP contribution is -2.33. The summed E-state index contributed by atoms with van der Waals surface area (Å²) < 4.78 is 0. The maximum atomic E-state index is 4.51. The van der Waals surface area contributed by atoms with Gasteiger partial charge in [-0.2, -0.15) is 5.10 Å². The number of nitrogens with one attached hydrogen (secondary N) is 1. The number of likely N-dealkylation sites (tertiary alicyclic amines) is 1. The Morgan fingerprint density at radius 2 is 2.42 bits per heavy atom. The molecule has 1 fully saturated rings. The van der Waals surface area contributed by atoms with E-state index in [-0.39, 0.29) is 0 Å². The van der Waals surface area contributed by atoms with Crippen molar-refractivity contribution in [2.75, 3.05) is 6.54 Å². The molecule has 0 amide bonds. The molecule has 6 heteroatoms. The second-order valence-electron chi connectivity index (χ2n) is 4.90. The van der Waals surface area contributed by atoms with Gasteiger partial charge in [-0.3, -0.25) is 10.00 Å². The van der Waals surface area contributed by atoms with E-state index in [1.165, 1.54) is 24.3 Å². The third-order valence-corrected chi connectivity index (χ3v) is 4.47. The first-order valence-electron chi connectivity index (χ1n) is 6.90. The maximum absolute atomic E-state index is 4.51. The van der Waals surface area contributed by atoms with Crippen LogP contribution in [0.1, 0.15) is 48.9 Å². The van der Waals surface area contributed by atoms with Crippen LogP contribution >= 0.6 is 11.3 Å². The molecule has 2 aromatic rings. The number of thiazole rings is 1. The fourth-order valence-corrected chi connectivity index (χ4v) is 3.42. The van der Waals surface area contributed by atoms with Gasteiger partial charge < -0.3 is 0 Å². The average molecular weight is 277 g/mol. The molecular weight excluding hydrogens is 258 g/mol. The molecule has 2 aromatic heterocycles. The van der Waals surface area contributed by atoms with Crippen LogP contribution in [0.25, 0.3) is 0 Å². The molecule has 1 saturated heterocycles. The highest BCUT2D eigenvalue weighted by Gasteiger charge is 2.26. The van der Waals surface area contributed by atoms with E-state index < -0.39 is 0 Å². The first-order valence-corrected chi connectivity index (χ1v) is 7.78. The second kappa shape index (κ2) is 5.79. The van der Waals surface area contributed by atoms with Crippen molar-refractivity contribution < 1.29 is 0 Å². The summed E-state index contributed by atoms with van der Waals surface area (Å²) in [6.45, 7) is 4.04. The lowest BCUT2D eigenvalue weighted by atomic mass is 10.0. The molecule has 0 spiro atoms. The number of hydrogen-bond donors (Lipinski definition) is 1. The summed E-state index contributed by atoms with van der Waals surface area (Å²) in [5, 5.41) is 10.6. The van der Waals surface area contributed by atoms with E-state index >= 15 is 0 Å². The summed E-state index contributed by atoms with van der Waals surface area (Å²) in [5.74, 6) is 1.87. The van der Waals surface area contributed by atoms with E-state index in [1.54, 1.807) is 11.3 Å². The second-order valence-corrected chi connectivity index (χ2v) is 5.83. The molecule has 3 rings (SSSR count). The largest absolute Gasteiger partial charge is 0.287 e. The zero-order valence-corrected chi connectivity index (χ0v) is 12.0. The van der Waals surface area contributed by atoms with Crippen molar-refractivity contribution in [1.29, 1.82) is 0 Å². The molecule has 1 atom stereocenters. The van der Waals surface area contributed by atoms with E-state index in [0.717, 1.165) is 31.2 Å². The van der Waals surface area contributed by atoms with E-state index in [0.29, 0.717) is 6.04 Å². The number of hydrogen-bond acceptors (Lipinski definition) is 5. The normalized spacial score (nSPS) is 20.8. The Kier molecular flexibility index (Phi) is 3.89. The van der Waals surface area contributed by atoms with Gasteiger partial charge in [0.25, 0.3) is 0 Å². The standard InChI is InChI=1S/C13H19N5S/c1-2-11-15-12(17-16-11)9-18-7-4-3-5-10(18)13-14-6-8-19-13/h6,8,10H,2-5,7,9H2,1H3,(H,15,16,17). The third-order valence-electron chi connectivity index (χ3n) is 3.60. The van der Waals surface area contributed by atoms with Crippen molar-refractivity contribution in [1.82, 2.24) is 25.1 Å². The highest BCUT2D eigenvalue weighted by molar-refractivity contribution is 7.09. The molecule has 1 aliphatic rings. The number of aromatic amines is 1. The summed E-state index contributed by atoms with van der Waals surface area (Å²) in [6, 6.07) is 0.448. The molecule has 3 heterocycles. The first-order chi connectivity index (χ1) is 9.36. The van der Waals surface area contributed by atoms with Gasteiger partial charge in [-0.25, -0.2) is 9.97 Å². The van der Waals surface area contributed by atoms with Crippen LogP contribution in [0.4, 0.5) is 0 Å². The van der Waals surface area contributed by atoms with Gasteiger partial charge in [-0.15, -0.1) is 11.3 Å². The third kappa shape index (κ3) is 2.84. The Bertz CT molecular complexity index is 507. The van der Waals surface area contributed by atoms with Crippen LogP contribution < -0.4 is 0 Å². The Balaban J connectivity index is 1.73. The SMILES string of the molecule is CCc1n[nH]c(CN2CCCCC2c2nccs2)n1. The van der Waals surface area contributed by atoms with Crippen molar-refractivity contribution in [2.24, 2.45) is 0 Å². The van der Waals surface area contributed by atoms with Crippen LogP contribution in [0.5, 0.6) is 0 Å². The lowest BCUT2D eigenvalue weighted by Gasteiger charge is -2.33. The smallest absolute Gasteiger partial charge is 0.150 e. The van der Waals surface area contributed by atoms with Gasteiger partial charge in [-0.05, 0) is 19.4 Å². The number of H-pyrrole nitrogens is 1. The summed E-state index contributed by atoms with van der Waals surface area (Å²) in [5.41, 5.74) is 0.